The van der Waals surface area contributed by atoms with E-state index in [9.17, 15) is 9.59 Å². The summed E-state index contributed by atoms with van der Waals surface area (Å²) in [5.41, 5.74) is 4.62. The number of aryl methyl sites for hydroxylation is 3. The SMILES string of the molecule is Cc1ccc(CCC(=O)Nc2nc(-c3ccc4c(c3)NC(=O)[C@H](C)O4)c(C)s2)cc1. The molecule has 154 valence electrons. The predicted octanol–water partition coefficient (Wildman–Crippen LogP) is 4.72. The Morgan fingerprint density at radius 2 is 1.97 bits per heavy atom. The number of ether oxygens (including phenoxy) is 1. The molecule has 7 heteroatoms. The zero-order valence-corrected chi connectivity index (χ0v) is 17.9. The minimum absolute atomic E-state index is 0.0593. The van der Waals surface area contributed by atoms with Crippen molar-refractivity contribution in [2.75, 3.05) is 10.6 Å². The average molecular weight is 422 g/mol. The number of carbonyl (C=O) groups is 2. The molecule has 0 radical (unpaired) electrons. The van der Waals surface area contributed by atoms with Crippen molar-refractivity contribution in [2.24, 2.45) is 0 Å². The lowest BCUT2D eigenvalue weighted by Gasteiger charge is -2.23. The Bertz CT molecular complexity index is 1110. The van der Waals surface area contributed by atoms with Crippen molar-refractivity contribution in [3.8, 4) is 17.0 Å². The topological polar surface area (TPSA) is 80.3 Å². The smallest absolute Gasteiger partial charge is 0.265 e. The average Bonchev–Trinajstić information content (AvgIpc) is 3.08. The van der Waals surface area contributed by atoms with Gasteiger partial charge in [-0.3, -0.25) is 9.59 Å². The third kappa shape index (κ3) is 4.36. The monoisotopic (exact) mass is 421 g/mol. The van der Waals surface area contributed by atoms with Crippen molar-refractivity contribution in [3.05, 3.63) is 58.5 Å². The third-order valence-electron chi connectivity index (χ3n) is 4.99. The van der Waals surface area contributed by atoms with Crippen LogP contribution in [0.3, 0.4) is 0 Å². The Hall–Kier alpha value is -3.19. The Kier molecular flexibility index (Phi) is 5.55. The summed E-state index contributed by atoms with van der Waals surface area (Å²) >= 11 is 1.44. The maximum atomic E-state index is 12.4. The molecule has 6 nitrogen and oxygen atoms in total. The van der Waals surface area contributed by atoms with Crippen LogP contribution >= 0.6 is 11.3 Å². The highest BCUT2D eigenvalue weighted by atomic mass is 32.1. The molecule has 0 saturated carbocycles. The van der Waals surface area contributed by atoms with Crippen molar-refractivity contribution < 1.29 is 14.3 Å². The summed E-state index contributed by atoms with van der Waals surface area (Å²) in [6.07, 6.45) is 0.579. The van der Waals surface area contributed by atoms with E-state index >= 15 is 0 Å². The minimum Gasteiger partial charge on any atom is -0.479 e. The number of amides is 2. The van der Waals surface area contributed by atoms with E-state index in [4.69, 9.17) is 4.74 Å². The number of hydrogen-bond donors (Lipinski definition) is 2. The second-order valence-corrected chi connectivity index (χ2v) is 8.62. The standard InChI is InChI=1S/C23H23N3O3S/c1-13-4-6-16(7-5-13)8-11-20(27)25-23-26-21(15(3)30-23)17-9-10-19-18(12-17)24-22(28)14(2)29-19/h4-7,9-10,12,14H,8,11H2,1-3H3,(H,24,28)(H,25,26,27)/t14-/m0/s1. The van der Waals surface area contributed by atoms with Gasteiger partial charge in [0.15, 0.2) is 11.2 Å². The van der Waals surface area contributed by atoms with E-state index in [0.29, 0.717) is 29.4 Å². The van der Waals surface area contributed by atoms with Crippen LogP contribution in [0.1, 0.15) is 29.3 Å². The van der Waals surface area contributed by atoms with Crippen LogP contribution in [0, 0.1) is 13.8 Å². The minimum atomic E-state index is -0.508. The molecule has 1 aromatic heterocycles. The van der Waals surface area contributed by atoms with E-state index in [-0.39, 0.29) is 11.8 Å². The molecule has 0 bridgehead atoms. The zero-order valence-electron chi connectivity index (χ0n) is 17.1. The first-order valence-electron chi connectivity index (χ1n) is 9.84. The summed E-state index contributed by atoms with van der Waals surface area (Å²) in [6, 6.07) is 13.8. The molecule has 4 rings (SSSR count). The van der Waals surface area contributed by atoms with Gasteiger partial charge in [-0.2, -0.15) is 0 Å². The summed E-state index contributed by atoms with van der Waals surface area (Å²) < 4.78 is 5.61. The number of anilines is 2. The second kappa shape index (κ2) is 8.28. The molecule has 0 aliphatic carbocycles. The van der Waals surface area contributed by atoms with Gasteiger partial charge in [-0.25, -0.2) is 4.98 Å². The molecule has 3 aromatic rings. The van der Waals surface area contributed by atoms with Gasteiger partial charge in [-0.15, -0.1) is 11.3 Å². The number of fused-ring (bicyclic) bond motifs is 1. The largest absolute Gasteiger partial charge is 0.479 e. The van der Waals surface area contributed by atoms with E-state index in [2.05, 4.69) is 27.8 Å². The van der Waals surface area contributed by atoms with Gasteiger partial charge in [0.25, 0.3) is 5.91 Å². The number of benzene rings is 2. The van der Waals surface area contributed by atoms with Gasteiger partial charge in [0.05, 0.1) is 11.4 Å². The molecular weight excluding hydrogens is 398 g/mol. The van der Waals surface area contributed by atoms with Crippen molar-refractivity contribution in [1.82, 2.24) is 4.98 Å². The molecule has 2 amide bonds. The Labute approximate surface area is 179 Å². The number of aromatic nitrogens is 1. The number of hydrogen-bond acceptors (Lipinski definition) is 5. The lowest BCUT2D eigenvalue weighted by atomic mass is 10.1. The summed E-state index contributed by atoms with van der Waals surface area (Å²) in [7, 11) is 0. The third-order valence-corrected chi connectivity index (χ3v) is 5.87. The van der Waals surface area contributed by atoms with E-state index in [1.165, 1.54) is 16.9 Å². The molecule has 30 heavy (non-hydrogen) atoms. The Morgan fingerprint density at radius 3 is 2.73 bits per heavy atom. The lowest BCUT2D eigenvalue weighted by Crippen LogP contribution is -2.34. The molecule has 1 atom stereocenters. The van der Waals surface area contributed by atoms with Crippen molar-refractivity contribution in [1.29, 1.82) is 0 Å². The van der Waals surface area contributed by atoms with E-state index in [1.807, 2.05) is 44.2 Å². The van der Waals surface area contributed by atoms with Crippen LogP contribution in [0.5, 0.6) is 5.75 Å². The van der Waals surface area contributed by atoms with Crippen LogP contribution in [0.25, 0.3) is 11.3 Å². The van der Waals surface area contributed by atoms with E-state index < -0.39 is 6.10 Å². The number of thiazole rings is 1. The molecule has 0 fully saturated rings. The van der Waals surface area contributed by atoms with Crippen LogP contribution in [0.4, 0.5) is 10.8 Å². The molecule has 1 aliphatic rings. The van der Waals surface area contributed by atoms with Crippen LogP contribution in [0.15, 0.2) is 42.5 Å². The molecular formula is C23H23N3O3S. The number of rotatable bonds is 5. The predicted molar refractivity (Wildman–Crippen MR) is 119 cm³/mol. The Morgan fingerprint density at radius 1 is 1.20 bits per heavy atom. The number of nitrogens with one attached hydrogen (secondary N) is 2. The second-order valence-electron chi connectivity index (χ2n) is 7.42. The fourth-order valence-corrected chi connectivity index (χ4v) is 4.12. The fourth-order valence-electron chi connectivity index (χ4n) is 3.27. The van der Waals surface area contributed by atoms with Crippen LogP contribution in [-0.2, 0) is 16.0 Å². The molecule has 0 spiro atoms. The first-order valence-corrected chi connectivity index (χ1v) is 10.7. The zero-order chi connectivity index (χ0) is 21.3. The Balaban J connectivity index is 1.44. The highest BCUT2D eigenvalue weighted by molar-refractivity contribution is 7.16. The first kappa shape index (κ1) is 20.1. The molecule has 0 saturated heterocycles. The van der Waals surface area contributed by atoms with E-state index in [0.717, 1.165) is 21.7 Å². The van der Waals surface area contributed by atoms with E-state index in [1.54, 1.807) is 6.92 Å². The van der Waals surface area contributed by atoms with Gasteiger partial charge >= 0.3 is 0 Å². The van der Waals surface area contributed by atoms with Gasteiger partial charge in [0.1, 0.15) is 5.75 Å². The summed E-state index contributed by atoms with van der Waals surface area (Å²) in [5.74, 6) is 0.413. The van der Waals surface area contributed by atoms with Crippen molar-refractivity contribution in [2.45, 2.75) is 39.7 Å². The fraction of sp³-hybridized carbons (Fsp3) is 0.261. The van der Waals surface area contributed by atoms with Gasteiger partial charge < -0.3 is 15.4 Å². The number of carbonyl (C=O) groups excluding carboxylic acids is 2. The quantitative estimate of drug-likeness (QED) is 0.625. The summed E-state index contributed by atoms with van der Waals surface area (Å²) in [5, 5.41) is 6.33. The van der Waals surface area contributed by atoms with Gasteiger partial charge in [-0.1, -0.05) is 29.8 Å². The molecule has 1 aliphatic heterocycles. The maximum absolute atomic E-state index is 12.4. The summed E-state index contributed by atoms with van der Waals surface area (Å²) in [4.78, 5) is 29.8. The number of nitrogens with zero attached hydrogens (tertiary/aromatic N) is 1. The van der Waals surface area contributed by atoms with Gasteiger partial charge in [0.2, 0.25) is 5.91 Å². The normalized spacial score (nSPS) is 15.2. The molecule has 2 heterocycles. The van der Waals surface area contributed by atoms with Gasteiger partial charge in [-0.05, 0) is 51.0 Å². The molecule has 2 aromatic carbocycles. The van der Waals surface area contributed by atoms with Gasteiger partial charge in [0, 0.05) is 16.9 Å². The van der Waals surface area contributed by atoms with Crippen LogP contribution in [-0.4, -0.2) is 22.9 Å². The first-order chi connectivity index (χ1) is 14.4. The van der Waals surface area contributed by atoms with Crippen molar-refractivity contribution >= 4 is 34.0 Å². The molecule has 0 unspecified atom stereocenters. The maximum Gasteiger partial charge on any atom is 0.265 e. The summed E-state index contributed by atoms with van der Waals surface area (Å²) in [6.45, 7) is 5.72. The highest BCUT2D eigenvalue weighted by Gasteiger charge is 2.24. The van der Waals surface area contributed by atoms with Crippen LogP contribution < -0.4 is 15.4 Å². The van der Waals surface area contributed by atoms with Crippen LogP contribution in [0.2, 0.25) is 0 Å². The van der Waals surface area contributed by atoms with Crippen molar-refractivity contribution in [3.63, 3.8) is 0 Å². The highest BCUT2D eigenvalue weighted by Crippen LogP contribution is 2.36. The lowest BCUT2D eigenvalue weighted by molar-refractivity contribution is -0.122. The molecule has 2 N–H and O–H groups in total.